The van der Waals surface area contributed by atoms with E-state index in [1.54, 1.807) is 0 Å². The van der Waals surface area contributed by atoms with Crippen molar-refractivity contribution in [3.8, 4) is 0 Å². The van der Waals surface area contributed by atoms with Gasteiger partial charge in [0.15, 0.2) is 0 Å². The number of rotatable bonds is 6. The number of halogens is 1. The van der Waals surface area contributed by atoms with E-state index in [9.17, 15) is 4.79 Å². The van der Waals surface area contributed by atoms with E-state index >= 15 is 0 Å². The molecule has 0 fully saturated rings. The number of nitrogens with zero attached hydrogens (tertiary/aromatic N) is 1. The SMILES string of the molecule is CCC(Br)C(=O)NCC(C)(C)CN(C)C. The third-order valence-corrected chi connectivity index (χ3v) is 3.19. The number of carbonyl (C=O) groups is 1. The number of amides is 1. The largest absolute Gasteiger partial charge is 0.355 e. The van der Waals surface area contributed by atoms with Gasteiger partial charge in [-0.25, -0.2) is 0 Å². The summed E-state index contributed by atoms with van der Waals surface area (Å²) >= 11 is 3.34. The molecule has 1 amide bonds. The van der Waals surface area contributed by atoms with Crippen LogP contribution in [-0.2, 0) is 4.79 Å². The van der Waals surface area contributed by atoms with Gasteiger partial charge in [-0.05, 0) is 25.9 Å². The molecule has 0 bridgehead atoms. The van der Waals surface area contributed by atoms with E-state index in [1.807, 2.05) is 21.0 Å². The number of carbonyl (C=O) groups excluding carboxylic acids is 1. The predicted molar refractivity (Wildman–Crippen MR) is 68.4 cm³/mol. The van der Waals surface area contributed by atoms with Gasteiger partial charge in [-0.15, -0.1) is 0 Å². The number of alkyl halides is 1. The zero-order valence-electron chi connectivity index (χ0n) is 10.4. The molecule has 0 aromatic rings. The molecule has 3 nitrogen and oxygen atoms in total. The fourth-order valence-electron chi connectivity index (χ4n) is 1.53. The van der Waals surface area contributed by atoms with Crippen molar-refractivity contribution >= 4 is 21.8 Å². The van der Waals surface area contributed by atoms with Gasteiger partial charge in [0, 0.05) is 13.1 Å². The van der Waals surface area contributed by atoms with E-state index < -0.39 is 0 Å². The van der Waals surface area contributed by atoms with E-state index in [1.165, 1.54) is 0 Å². The Morgan fingerprint density at radius 2 is 2.00 bits per heavy atom. The van der Waals surface area contributed by atoms with Gasteiger partial charge in [0.25, 0.3) is 0 Å². The second kappa shape index (κ2) is 6.48. The molecule has 15 heavy (non-hydrogen) atoms. The first kappa shape index (κ1) is 14.9. The fourth-order valence-corrected chi connectivity index (χ4v) is 1.70. The molecule has 0 aromatic carbocycles. The Hall–Kier alpha value is -0.0900. The van der Waals surface area contributed by atoms with E-state index in [0.717, 1.165) is 13.0 Å². The molecule has 1 unspecified atom stereocenters. The Morgan fingerprint density at radius 1 is 1.47 bits per heavy atom. The molecule has 0 rings (SSSR count). The Morgan fingerprint density at radius 3 is 2.40 bits per heavy atom. The van der Waals surface area contributed by atoms with Gasteiger partial charge in [-0.3, -0.25) is 4.79 Å². The maximum atomic E-state index is 11.5. The van der Waals surface area contributed by atoms with Gasteiger partial charge in [0.05, 0.1) is 4.83 Å². The highest BCUT2D eigenvalue weighted by Crippen LogP contribution is 2.14. The lowest BCUT2D eigenvalue weighted by Crippen LogP contribution is -2.42. The van der Waals surface area contributed by atoms with Crippen LogP contribution in [0.15, 0.2) is 0 Å². The summed E-state index contributed by atoms with van der Waals surface area (Å²) in [4.78, 5) is 13.6. The van der Waals surface area contributed by atoms with Crippen LogP contribution in [0.1, 0.15) is 27.2 Å². The van der Waals surface area contributed by atoms with Crippen molar-refractivity contribution in [2.45, 2.75) is 32.0 Å². The summed E-state index contributed by atoms with van der Waals surface area (Å²) in [5.74, 6) is 0.0873. The van der Waals surface area contributed by atoms with E-state index in [4.69, 9.17) is 0 Å². The van der Waals surface area contributed by atoms with Crippen LogP contribution in [0.3, 0.4) is 0 Å². The molecule has 0 spiro atoms. The number of hydrogen-bond acceptors (Lipinski definition) is 2. The molecule has 0 radical (unpaired) electrons. The van der Waals surface area contributed by atoms with Crippen molar-refractivity contribution in [2.75, 3.05) is 27.2 Å². The summed E-state index contributed by atoms with van der Waals surface area (Å²) in [5.41, 5.74) is 0.111. The first-order chi connectivity index (χ1) is 6.78. The summed E-state index contributed by atoms with van der Waals surface area (Å²) < 4.78 is 0. The van der Waals surface area contributed by atoms with Crippen molar-refractivity contribution in [1.82, 2.24) is 10.2 Å². The van der Waals surface area contributed by atoms with Crippen molar-refractivity contribution < 1.29 is 4.79 Å². The minimum Gasteiger partial charge on any atom is -0.355 e. The molecule has 1 N–H and O–H groups in total. The second-order valence-corrected chi connectivity index (χ2v) is 6.10. The van der Waals surface area contributed by atoms with Gasteiger partial charge in [0.2, 0.25) is 5.91 Å². The maximum absolute atomic E-state index is 11.5. The molecule has 0 heterocycles. The maximum Gasteiger partial charge on any atom is 0.233 e. The summed E-state index contributed by atoms with van der Waals surface area (Å²) in [6.45, 7) is 7.98. The normalized spacial score (nSPS) is 14.1. The van der Waals surface area contributed by atoms with Crippen molar-refractivity contribution in [3.05, 3.63) is 0 Å². The second-order valence-electron chi connectivity index (χ2n) is 5.00. The van der Waals surface area contributed by atoms with Gasteiger partial charge < -0.3 is 10.2 Å². The molecule has 0 saturated carbocycles. The Kier molecular flexibility index (Phi) is 6.44. The van der Waals surface area contributed by atoms with Crippen LogP contribution in [-0.4, -0.2) is 42.8 Å². The standard InChI is InChI=1S/C11H23BrN2O/c1-6-9(12)10(15)13-7-11(2,3)8-14(4)5/h9H,6-8H2,1-5H3,(H,13,15). The summed E-state index contributed by atoms with van der Waals surface area (Å²) in [7, 11) is 4.09. The first-order valence-corrected chi connectivity index (χ1v) is 6.26. The van der Waals surface area contributed by atoms with Crippen LogP contribution in [0.4, 0.5) is 0 Å². The Labute approximate surface area is 102 Å². The zero-order chi connectivity index (χ0) is 12.1. The molecule has 1 atom stereocenters. The molecule has 0 aromatic heterocycles. The first-order valence-electron chi connectivity index (χ1n) is 5.35. The minimum absolute atomic E-state index is 0.0624. The van der Waals surface area contributed by atoms with Crippen LogP contribution in [0.2, 0.25) is 0 Å². The average molecular weight is 279 g/mol. The fraction of sp³-hybridized carbons (Fsp3) is 0.909. The highest BCUT2D eigenvalue weighted by molar-refractivity contribution is 9.10. The van der Waals surface area contributed by atoms with Crippen LogP contribution < -0.4 is 5.32 Å². The molecule has 90 valence electrons. The summed E-state index contributed by atoms with van der Waals surface area (Å²) in [5, 5.41) is 2.97. The van der Waals surface area contributed by atoms with Gasteiger partial charge >= 0.3 is 0 Å². The summed E-state index contributed by atoms with van der Waals surface area (Å²) in [6, 6.07) is 0. The Bertz CT molecular complexity index is 205. The molecule has 0 saturated heterocycles. The monoisotopic (exact) mass is 278 g/mol. The van der Waals surface area contributed by atoms with Gasteiger partial charge in [-0.2, -0.15) is 0 Å². The molecule has 4 heteroatoms. The van der Waals surface area contributed by atoms with E-state index in [-0.39, 0.29) is 16.1 Å². The van der Waals surface area contributed by atoms with E-state index in [2.05, 4.69) is 40.0 Å². The highest BCUT2D eigenvalue weighted by Gasteiger charge is 2.21. The minimum atomic E-state index is -0.0624. The topological polar surface area (TPSA) is 32.3 Å². The predicted octanol–water partition coefficient (Wildman–Crippen LogP) is 1.86. The number of nitrogens with one attached hydrogen (secondary N) is 1. The number of hydrogen-bond donors (Lipinski definition) is 1. The molecule has 0 aliphatic carbocycles. The molecular formula is C11H23BrN2O. The van der Waals surface area contributed by atoms with Crippen LogP contribution in [0, 0.1) is 5.41 Å². The molecule has 0 aliphatic heterocycles. The zero-order valence-corrected chi connectivity index (χ0v) is 12.0. The van der Waals surface area contributed by atoms with Crippen molar-refractivity contribution in [2.24, 2.45) is 5.41 Å². The molecule has 0 aliphatic rings. The lowest BCUT2D eigenvalue weighted by molar-refractivity contribution is -0.120. The Balaban J connectivity index is 3.98. The third kappa shape index (κ3) is 6.90. The third-order valence-electron chi connectivity index (χ3n) is 2.13. The van der Waals surface area contributed by atoms with Crippen molar-refractivity contribution in [1.29, 1.82) is 0 Å². The van der Waals surface area contributed by atoms with Crippen molar-refractivity contribution in [3.63, 3.8) is 0 Å². The smallest absolute Gasteiger partial charge is 0.233 e. The molecular weight excluding hydrogens is 256 g/mol. The quantitative estimate of drug-likeness (QED) is 0.753. The lowest BCUT2D eigenvalue weighted by atomic mass is 9.93. The van der Waals surface area contributed by atoms with Crippen LogP contribution >= 0.6 is 15.9 Å². The summed E-state index contributed by atoms with van der Waals surface area (Å²) in [6.07, 6.45) is 0.819. The van der Waals surface area contributed by atoms with Crippen LogP contribution in [0.25, 0.3) is 0 Å². The van der Waals surface area contributed by atoms with Gasteiger partial charge in [-0.1, -0.05) is 36.7 Å². The highest BCUT2D eigenvalue weighted by atomic mass is 79.9. The van der Waals surface area contributed by atoms with Gasteiger partial charge in [0.1, 0.15) is 0 Å². The average Bonchev–Trinajstić information content (AvgIpc) is 2.11. The van der Waals surface area contributed by atoms with Crippen LogP contribution in [0.5, 0.6) is 0 Å². The lowest BCUT2D eigenvalue weighted by Gasteiger charge is -2.28. The van der Waals surface area contributed by atoms with E-state index in [0.29, 0.717) is 6.54 Å².